The predicted octanol–water partition coefficient (Wildman–Crippen LogP) is 3.52. The average molecular weight is 457 g/mol. The van der Waals surface area contributed by atoms with E-state index in [0.717, 1.165) is 37.4 Å². The number of nitrogens with zero attached hydrogens (tertiary/aromatic N) is 6. The van der Waals surface area contributed by atoms with Crippen LogP contribution in [0.2, 0.25) is 0 Å². The van der Waals surface area contributed by atoms with E-state index < -0.39 is 0 Å². The largest absolute Gasteiger partial charge is 0.367 e. The molecule has 0 unspecified atom stereocenters. The molecule has 8 nitrogen and oxygen atoms in total. The van der Waals surface area contributed by atoms with Crippen LogP contribution in [0.4, 0.5) is 21.7 Å². The molecule has 34 heavy (non-hydrogen) atoms. The number of aryl methyl sites for hydroxylation is 1. The van der Waals surface area contributed by atoms with Crippen molar-refractivity contribution >= 4 is 17.3 Å². The summed E-state index contributed by atoms with van der Waals surface area (Å²) < 4.78 is 14.8. The molecule has 0 radical (unpaired) electrons. The summed E-state index contributed by atoms with van der Waals surface area (Å²) in [6.45, 7) is 5.27. The van der Waals surface area contributed by atoms with Crippen molar-refractivity contribution in [3.8, 4) is 11.5 Å². The molecule has 9 heteroatoms. The van der Waals surface area contributed by atoms with Crippen LogP contribution in [0.3, 0.4) is 0 Å². The van der Waals surface area contributed by atoms with Gasteiger partial charge in [-0.3, -0.25) is 0 Å². The van der Waals surface area contributed by atoms with Gasteiger partial charge in [-0.15, -0.1) is 0 Å². The molecule has 1 saturated heterocycles. The number of nitrogens with one attached hydrogen (secondary N) is 2. The number of anilines is 3. The second-order valence-corrected chi connectivity index (χ2v) is 8.11. The Morgan fingerprint density at radius 2 is 1.74 bits per heavy atom. The Morgan fingerprint density at radius 1 is 0.941 bits per heavy atom. The van der Waals surface area contributed by atoms with Gasteiger partial charge >= 0.3 is 0 Å². The maximum atomic E-state index is 14.8. The van der Waals surface area contributed by atoms with Gasteiger partial charge in [0.2, 0.25) is 0 Å². The van der Waals surface area contributed by atoms with Crippen LogP contribution < -0.4 is 15.5 Å². The number of rotatable bonds is 6. The van der Waals surface area contributed by atoms with E-state index in [9.17, 15) is 4.39 Å². The number of halogens is 1. The molecule has 4 aromatic rings. The molecule has 0 saturated carbocycles. The highest BCUT2D eigenvalue weighted by atomic mass is 19.1. The molecule has 1 aliphatic heterocycles. The van der Waals surface area contributed by atoms with Crippen molar-refractivity contribution in [3.63, 3.8) is 0 Å². The van der Waals surface area contributed by atoms with Gasteiger partial charge in [-0.2, -0.15) is 0 Å². The molecule has 3 aromatic heterocycles. The third-order valence-corrected chi connectivity index (χ3v) is 5.57. The molecular formula is C25H25FN8. The van der Waals surface area contributed by atoms with Crippen LogP contribution in [0.1, 0.15) is 17.1 Å². The zero-order valence-corrected chi connectivity index (χ0v) is 18.9. The minimum atomic E-state index is -0.216. The number of hydrogen-bond donors (Lipinski definition) is 2. The maximum Gasteiger partial charge on any atom is 0.180 e. The first-order valence-corrected chi connectivity index (χ1v) is 11.2. The average Bonchev–Trinajstić information content (AvgIpc) is 2.85. The Hall–Kier alpha value is -3.98. The van der Waals surface area contributed by atoms with Crippen molar-refractivity contribution in [2.75, 3.05) is 36.4 Å². The normalized spacial score (nSPS) is 13.6. The van der Waals surface area contributed by atoms with Crippen LogP contribution >= 0.6 is 0 Å². The molecule has 0 bridgehead atoms. The van der Waals surface area contributed by atoms with E-state index in [1.165, 1.54) is 0 Å². The highest BCUT2D eigenvalue weighted by Gasteiger charge is 2.15. The van der Waals surface area contributed by atoms with Gasteiger partial charge in [0.05, 0.1) is 5.69 Å². The highest BCUT2D eigenvalue weighted by molar-refractivity contribution is 5.56. The van der Waals surface area contributed by atoms with E-state index in [2.05, 4.69) is 40.5 Å². The molecule has 1 fully saturated rings. The van der Waals surface area contributed by atoms with Crippen LogP contribution in [0.25, 0.3) is 11.5 Å². The fourth-order valence-corrected chi connectivity index (χ4v) is 3.91. The first kappa shape index (κ1) is 21.8. The van der Waals surface area contributed by atoms with Crippen molar-refractivity contribution in [2.45, 2.75) is 13.3 Å². The summed E-state index contributed by atoms with van der Waals surface area (Å²) in [6.07, 6.45) is 3.79. The van der Waals surface area contributed by atoms with Crippen molar-refractivity contribution in [1.82, 2.24) is 30.2 Å². The number of benzene rings is 1. The molecule has 1 aliphatic rings. The Balaban J connectivity index is 1.30. The van der Waals surface area contributed by atoms with Gasteiger partial charge in [0, 0.05) is 50.7 Å². The van der Waals surface area contributed by atoms with E-state index in [-0.39, 0.29) is 5.82 Å². The Bertz CT molecular complexity index is 1290. The lowest BCUT2D eigenvalue weighted by molar-refractivity contribution is 0.565. The smallest absolute Gasteiger partial charge is 0.180 e. The Kier molecular flexibility index (Phi) is 6.35. The zero-order valence-electron chi connectivity index (χ0n) is 18.9. The number of piperazine rings is 1. The fraction of sp³-hybridized carbons (Fsp3) is 0.240. The van der Waals surface area contributed by atoms with E-state index in [1.54, 1.807) is 30.6 Å². The van der Waals surface area contributed by atoms with Gasteiger partial charge < -0.3 is 15.5 Å². The van der Waals surface area contributed by atoms with Gasteiger partial charge in [0.1, 0.15) is 29.0 Å². The van der Waals surface area contributed by atoms with Gasteiger partial charge in [0.25, 0.3) is 0 Å². The van der Waals surface area contributed by atoms with E-state index >= 15 is 0 Å². The second kappa shape index (κ2) is 9.88. The lowest BCUT2D eigenvalue weighted by Crippen LogP contribution is -2.43. The van der Waals surface area contributed by atoms with Crippen molar-refractivity contribution in [3.05, 3.63) is 83.8 Å². The lowest BCUT2D eigenvalue weighted by Gasteiger charge is -2.29. The zero-order chi connectivity index (χ0) is 23.3. The van der Waals surface area contributed by atoms with Crippen LogP contribution in [0.15, 0.2) is 60.9 Å². The minimum Gasteiger partial charge on any atom is -0.367 e. The summed E-state index contributed by atoms with van der Waals surface area (Å²) in [5, 5.41) is 6.49. The quantitative estimate of drug-likeness (QED) is 0.455. The molecule has 0 aliphatic carbocycles. The van der Waals surface area contributed by atoms with Crippen LogP contribution in [-0.2, 0) is 6.42 Å². The van der Waals surface area contributed by atoms with Crippen LogP contribution in [0, 0.1) is 12.7 Å². The maximum absolute atomic E-state index is 14.8. The molecular weight excluding hydrogens is 431 g/mol. The summed E-state index contributed by atoms with van der Waals surface area (Å²) in [4.78, 5) is 24.4. The third kappa shape index (κ3) is 5.15. The van der Waals surface area contributed by atoms with Crippen LogP contribution in [0.5, 0.6) is 0 Å². The van der Waals surface area contributed by atoms with Gasteiger partial charge in [-0.05, 0) is 48.9 Å². The summed E-state index contributed by atoms with van der Waals surface area (Å²) >= 11 is 0. The Labute approximate surface area is 197 Å². The van der Waals surface area contributed by atoms with Gasteiger partial charge in [-0.1, -0.05) is 12.1 Å². The fourth-order valence-electron chi connectivity index (χ4n) is 3.91. The molecule has 0 atom stereocenters. The lowest BCUT2D eigenvalue weighted by atomic mass is 10.1. The van der Waals surface area contributed by atoms with Crippen LogP contribution in [-0.4, -0.2) is 51.1 Å². The number of pyridine rings is 1. The van der Waals surface area contributed by atoms with Crippen molar-refractivity contribution < 1.29 is 4.39 Å². The van der Waals surface area contributed by atoms with E-state index in [1.807, 2.05) is 37.3 Å². The molecule has 1 aromatic carbocycles. The molecule has 0 amide bonds. The van der Waals surface area contributed by atoms with Gasteiger partial charge in [-0.25, -0.2) is 29.3 Å². The van der Waals surface area contributed by atoms with Crippen molar-refractivity contribution in [2.24, 2.45) is 0 Å². The van der Waals surface area contributed by atoms with Crippen molar-refractivity contribution in [1.29, 1.82) is 0 Å². The Morgan fingerprint density at radius 3 is 2.53 bits per heavy atom. The summed E-state index contributed by atoms with van der Waals surface area (Å²) in [7, 11) is 0. The van der Waals surface area contributed by atoms with Gasteiger partial charge in [0.15, 0.2) is 5.82 Å². The molecule has 172 valence electrons. The van der Waals surface area contributed by atoms with E-state index in [0.29, 0.717) is 41.1 Å². The number of hydrogen-bond acceptors (Lipinski definition) is 8. The van der Waals surface area contributed by atoms with E-state index in [4.69, 9.17) is 0 Å². The molecule has 5 rings (SSSR count). The summed E-state index contributed by atoms with van der Waals surface area (Å²) in [5.74, 6) is 2.11. The first-order valence-electron chi connectivity index (χ1n) is 11.2. The standard InChI is InChI=1S/C25H25FN8/c1-17-3-2-4-20(30-17)25-29-10-8-23(33-25)31-22-7-9-28-24(32-22)16-18-5-6-21(19(26)15-18)34-13-11-27-12-14-34/h2-10,15,27H,11-14,16H2,1H3,(H,28,29,31,32,33). The predicted molar refractivity (Wildman–Crippen MR) is 130 cm³/mol. The minimum absolute atomic E-state index is 0.216. The molecule has 4 heterocycles. The highest BCUT2D eigenvalue weighted by Crippen LogP contribution is 2.22. The monoisotopic (exact) mass is 456 g/mol. The second-order valence-electron chi connectivity index (χ2n) is 8.11. The summed E-state index contributed by atoms with van der Waals surface area (Å²) in [6, 6.07) is 14.6. The topological polar surface area (TPSA) is 91.8 Å². The first-order chi connectivity index (χ1) is 16.6. The molecule has 0 spiro atoms. The number of aromatic nitrogens is 5. The molecule has 2 N–H and O–H groups in total. The SMILES string of the molecule is Cc1cccc(-c2nccc(Nc3ccnc(Cc4ccc(N5CCNCC5)c(F)c4)n3)n2)n1. The third-order valence-electron chi connectivity index (χ3n) is 5.57. The summed E-state index contributed by atoms with van der Waals surface area (Å²) in [5.41, 5.74) is 3.07.